The first-order valence-corrected chi connectivity index (χ1v) is 3.84. The second-order valence-electron chi connectivity index (χ2n) is 2.74. The van der Waals surface area contributed by atoms with Gasteiger partial charge in [0, 0.05) is 12.1 Å². The zero-order valence-electron chi connectivity index (χ0n) is 6.97. The molecule has 0 N–H and O–H groups in total. The number of nitro groups is 1. The monoisotopic (exact) mass is 191 g/mol. The molecule has 0 bridgehead atoms. The van der Waals surface area contributed by atoms with Crippen molar-refractivity contribution in [1.29, 1.82) is 0 Å². The SMILES string of the molecule is O=c1occc2ccc([N+](=O)[O-])cc12. The van der Waals surface area contributed by atoms with Gasteiger partial charge in [0.2, 0.25) is 0 Å². The van der Waals surface area contributed by atoms with E-state index in [0.717, 1.165) is 0 Å². The van der Waals surface area contributed by atoms with Gasteiger partial charge in [-0.15, -0.1) is 0 Å². The molecule has 0 spiro atoms. The zero-order valence-corrected chi connectivity index (χ0v) is 6.97. The summed E-state index contributed by atoms with van der Waals surface area (Å²) >= 11 is 0. The van der Waals surface area contributed by atoms with Crippen molar-refractivity contribution in [2.45, 2.75) is 0 Å². The Morgan fingerprint density at radius 3 is 2.79 bits per heavy atom. The van der Waals surface area contributed by atoms with Gasteiger partial charge in [-0.05, 0) is 17.5 Å². The molecule has 0 radical (unpaired) electrons. The second kappa shape index (κ2) is 2.95. The molecule has 0 aliphatic rings. The smallest absolute Gasteiger partial charge is 0.343 e. The van der Waals surface area contributed by atoms with Gasteiger partial charge in [-0.25, -0.2) is 4.79 Å². The van der Waals surface area contributed by atoms with Crippen LogP contribution in [0.15, 0.2) is 39.7 Å². The van der Waals surface area contributed by atoms with Crippen LogP contribution in [-0.2, 0) is 0 Å². The average Bonchev–Trinajstić information content (AvgIpc) is 2.18. The molecule has 2 rings (SSSR count). The van der Waals surface area contributed by atoms with E-state index in [-0.39, 0.29) is 11.1 Å². The molecule has 1 heterocycles. The molecule has 2 aromatic rings. The largest absolute Gasteiger partial charge is 0.431 e. The van der Waals surface area contributed by atoms with Gasteiger partial charge in [-0.2, -0.15) is 0 Å². The van der Waals surface area contributed by atoms with Crippen LogP contribution in [0.3, 0.4) is 0 Å². The minimum absolute atomic E-state index is 0.115. The number of fused-ring (bicyclic) bond motifs is 1. The van der Waals surface area contributed by atoms with Crippen LogP contribution in [0.2, 0.25) is 0 Å². The standard InChI is InChI=1S/C9H5NO4/c11-9-8-5-7(10(12)13)2-1-6(8)3-4-14-9/h1-5H. The lowest BCUT2D eigenvalue weighted by atomic mass is 10.2. The van der Waals surface area contributed by atoms with Crippen molar-refractivity contribution < 1.29 is 9.34 Å². The Hall–Kier alpha value is -2.17. The third-order valence-corrected chi connectivity index (χ3v) is 1.89. The molecular formula is C9H5NO4. The van der Waals surface area contributed by atoms with Crippen LogP contribution < -0.4 is 5.63 Å². The fourth-order valence-corrected chi connectivity index (χ4v) is 1.21. The maximum absolute atomic E-state index is 11.2. The number of nitro benzene ring substituents is 1. The molecule has 0 aliphatic carbocycles. The van der Waals surface area contributed by atoms with Gasteiger partial charge in [0.15, 0.2) is 0 Å². The van der Waals surface area contributed by atoms with Gasteiger partial charge in [-0.1, -0.05) is 0 Å². The van der Waals surface area contributed by atoms with E-state index < -0.39 is 10.5 Å². The molecule has 0 saturated carbocycles. The molecule has 70 valence electrons. The van der Waals surface area contributed by atoms with Crippen LogP contribution in [0, 0.1) is 10.1 Å². The lowest BCUT2D eigenvalue weighted by Crippen LogP contribution is -1.98. The second-order valence-corrected chi connectivity index (χ2v) is 2.74. The van der Waals surface area contributed by atoms with Gasteiger partial charge in [0.1, 0.15) is 0 Å². The topological polar surface area (TPSA) is 73.3 Å². The highest BCUT2D eigenvalue weighted by atomic mass is 16.6. The van der Waals surface area contributed by atoms with Crippen molar-refractivity contribution in [2.24, 2.45) is 0 Å². The summed E-state index contributed by atoms with van der Waals surface area (Å²) in [6.45, 7) is 0. The number of nitrogens with zero attached hydrogens (tertiary/aromatic N) is 1. The average molecular weight is 191 g/mol. The fourth-order valence-electron chi connectivity index (χ4n) is 1.21. The van der Waals surface area contributed by atoms with E-state index in [1.54, 1.807) is 6.07 Å². The highest BCUT2D eigenvalue weighted by molar-refractivity contribution is 5.82. The van der Waals surface area contributed by atoms with Gasteiger partial charge in [0.25, 0.3) is 5.69 Å². The lowest BCUT2D eigenvalue weighted by molar-refractivity contribution is -0.384. The molecule has 0 saturated heterocycles. The van der Waals surface area contributed by atoms with E-state index >= 15 is 0 Å². The molecule has 1 aromatic heterocycles. The van der Waals surface area contributed by atoms with Crippen LogP contribution in [-0.4, -0.2) is 4.92 Å². The Balaban J connectivity index is 2.83. The first-order valence-electron chi connectivity index (χ1n) is 3.84. The molecule has 0 unspecified atom stereocenters. The summed E-state index contributed by atoms with van der Waals surface area (Å²) < 4.78 is 4.60. The van der Waals surface area contributed by atoms with E-state index in [1.807, 2.05) is 0 Å². The van der Waals surface area contributed by atoms with Crippen LogP contribution in [0.1, 0.15) is 0 Å². The third kappa shape index (κ3) is 1.24. The molecule has 0 aliphatic heterocycles. The minimum atomic E-state index is -0.564. The minimum Gasteiger partial charge on any atom is -0.431 e. The lowest BCUT2D eigenvalue weighted by Gasteiger charge is -1.94. The maximum Gasteiger partial charge on any atom is 0.343 e. The number of hydrogen-bond acceptors (Lipinski definition) is 4. The first kappa shape index (κ1) is 8.43. The third-order valence-electron chi connectivity index (χ3n) is 1.89. The summed E-state index contributed by atoms with van der Waals surface area (Å²) in [6, 6.07) is 5.66. The van der Waals surface area contributed by atoms with E-state index in [0.29, 0.717) is 5.39 Å². The van der Waals surface area contributed by atoms with Crippen LogP contribution in [0.25, 0.3) is 10.8 Å². The van der Waals surface area contributed by atoms with E-state index in [1.165, 1.54) is 24.5 Å². The number of non-ortho nitro benzene ring substituents is 1. The fraction of sp³-hybridized carbons (Fsp3) is 0. The Kier molecular flexibility index (Phi) is 1.78. The molecular weight excluding hydrogens is 186 g/mol. The van der Waals surface area contributed by atoms with Gasteiger partial charge >= 0.3 is 5.63 Å². The van der Waals surface area contributed by atoms with Gasteiger partial charge < -0.3 is 4.42 Å². The highest BCUT2D eigenvalue weighted by Crippen LogP contribution is 2.17. The van der Waals surface area contributed by atoms with Crippen LogP contribution in [0.5, 0.6) is 0 Å². The molecule has 5 heteroatoms. The first-order chi connectivity index (χ1) is 6.68. The summed E-state index contributed by atoms with van der Waals surface area (Å²) in [5.41, 5.74) is -0.679. The van der Waals surface area contributed by atoms with E-state index in [9.17, 15) is 14.9 Å². The predicted octanol–water partition coefficient (Wildman–Crippen LogP) is 1.70. The Bertz CT molecular complexity index is 558. The zero-order chi connectivity index (χ0) is 10.1. The number of benzene rings is 1. The number of rotatable bonds is 1. The summed E-state index contributed by atoms with van der Waals surface area (Å²) in [5.74, 6) is 0. The Morgan fingerprint density at radius 2 is 2.07 bits per heavy atom. The molecule has 0 atom stereocenters. The molecule has 0 amide bonds. The molecule has 1 aromatic carbocycles. The van der Waals surface area contributed by atoms with Crippen LogP contribution in [0.4, 0.5) is 5.69 Å². The summed E-state index contributed by atoms with van der Waals surface area (Å²) in [5, 5.41) is 11.3. The van der Waals surface area contributed by atoms with Crippen molar-refractivity contribution in [2.75, 3.05) is 0 Å². The summed E-state index contributed by atoms with van der Waals surface area (Å²) in [7, 11) is 0. The number of hydrogen-bond donors (Lipinski definition) is 0. The summed E-state index contributed by atoms with van der Waals surface area (Å²) in [6.07, 6.45) is 1.26. The van der Waals surface area contributed by atoms with E-state index in [4.69, 9.17) is 0 Å². The summed E-state index contributed by atoms with van der Waals surface area (Å²) in [4.78, 5) is 21.0. The maximum atomic E-state index is 11.2. The van der Waals surface area contributed by atoms with Crippen molar-refractivity contribution in [3.63, 3.8) is 0 Å². The Morgan fingerprint density at radius 1 is 1.29 bits per heavy atom. The van der Waals surface area contributed by atoms with Gasteiger partial charge in [0.05, 0.1) is 16.6 Å². The predicted molar refractivity (Wildman–Crippen MR) is 49.1 cm³/mol. The van der Waals surface area contributed by atoms with Crippen LogP contribution >= 0.6 is 0 Å². The molecule has 0 fully saturated rings. The normalized spacial score (nSPS) is 10.3. The van der Waals surface area contributed by atoms with Gasteiger partial charge in [-0.3, -0.25) is 10.1 Å². The molecule has 14 heavy (non-hydrogen) atoms. The Labute approximate surface area is 77.7 Å². The van der Waals surface area contributed by atoms with Crippen molar-refractivity contribution in [1.82, 2.24) is 0 Å². The molecule has 5 nitrogen and oxygen atoms in total. The van der Waals surface area contributed by atoms with Crippen molar-refractivity contribution >= 4 is 16.5 Å². The highest BCUT2D eigenvalue weighted by Gasteiger charge is 2.08. The quantitative estimate of drug-likeness (QED) is 0.507. The van der Waals surface area contributed by atoms with Crippen molar-refractivity contribution in [3.05, 3.63) is 51.1 Å². The van der Waals surface area contributed by atoms with E-state index in [2.05, 4.69) is 4.42 Å². The van der Waals surface area contributed by atoms with Crippen molar-refractivity contribution in [3.8, 4) is 0 Å².